The Morgan fingerprint density at radius 3 is 2.93 bits per heavy atom. The lowest BCUT2D eigenvalue weighted by molar-refractivity contribution is -0.145. The van der Waals surface area contributed by atoms with E-state index in [0.29, 0.717) is 12.8 Å². The van der Waals surface area contributed by atoms with Crippen molar-refractivity contribution in [1.82, 2.24) is 4.98 Å². The molecule has 1 aromatic heterocycles. The predicted octanol–water partition coefficient (Wildman–Crippen LogP) is 2.29. The van der Waals surface area contributed by atoms with Gasteiger partial charge in [-0.1, -0.05) is 12.1 Å². The van der Waals surface area contributed by atoms with Gasteiger partial charge in [0.05, 0.1) is 5.41 Å². The molecule has 1 atom stereocenters. The molecule has 0 aliphatic heterocycles. The molecule has 3 nitrogen and oxygen atoms in total. The number of nitrogens with zero attached hydrogens (tertiary/aromatic N) is 1. The zero-order valence-electron chi connectivity index (χ0n) is 8.81. The summed E-state index contributed by atoms with van der Waals surface area (Å²) in [7, 11) is 0. The van der Waals surface area contributed by atoms with E-state index in [9.17, 15) is 4.79 Å². The van der Waals surface area contributed by atoms with E-state index in [1.54, 1.807) is 19.3 Å². The summed E-state index contributed by atoms with van der Waals surface area (Å²) >= 11 is 0. The Bertz CT molecular complexity index is 348. The van der Waals surface area contributed by atoms with Crippen LogP contribution in [0.4, 0.5) is 0 Å². The van der Waals surface area contributed by atoms with Gasteiger partial charge in [0.25, 0.3) is 0 Å². The highest BCUT2D eigenvalue weighted by molar-refractivity contribution is 5.76. The second-order valence-electron chi connectivity index (χ2n) is 3.79. The Labute approximate surface area is 89.5 Å². The molecule has 0 saturated carbocycles. The van der Waals surface area contributed by atoms with Gasteiger partial charge in [0, 0.05) is 12.4 Å². The van der Waals surface area contributed by atoms with Crippen molar-refractivity contribution in [3.8, 4) is 0 Å². The van der Waals surface area contributed by atoms with Gasteiger partial charge < -0.3 is 5.11 Å². The van der Waals surface area contributed by atoms with E-state index in [4.69, 9.17) is 5.11 Å². The molecular weight excluding hydrogens is 190 g/mol. The number of aromatic nitrogens is 1. The maximum atomic E-state index is 11.0. The summed E-state index contributed by atoms with van der Waals surface area (Å²) < 4.78 is 0. The molecule has 80 valence electrons. The number of aryl methyl sites for hydroxylation is 1. The lowest BCUT2D eigenvalue weighted by Crippen LogP contribution is -2.25. The Morgan fingerprint density at radius 2 is 2.47 bits per heavy atom. The molecule has 0 aromatic carbocycles. The maximum Gasteiger partial charge on any atom is 0.313 e. The van der Waals surface area contributed by atoms with Crippen molar-refractivity contribution in [2.24, 2.45) is 5.41 Å². The average molecular weight is 205 g/mol. The van der Waals surface area contributed by atoms with E-state index in [2.05, 4.69) is 11.6 Å². The number of rotatable bonds is 5. The molecule has 0 radical (unpaired) electrons. The Morgan fingerprint density at radius 1 is 1.73 bits per heavy atom. The summed E-state index contributed by atoms with van der Waals surface area (Å²) in [5.74, 6) is -0.832. The van der Waals surface area contributed by atoms with Gasteiger partial charge in [0.2, 0.25) is 0 Å². The summed E-state index contributed by atoms with van der Waals surface area (Å²) in [6.45, 7) is 5.25. The highest BCUT2D eigenvalue weighted by Crippen LogP contribution is 2.24. The molecule has 15 heavy (non-hydrogen) atoms. The zero-order chi connectivity index (χ0) is 11.3. The number of carboxylic acids is 1. The average Bonchev–Trinajstić information content (AvgIpc) is 2.27. The molecule has 1 N–H and O–H groups in total. The fraction of sp³-hybridized carbons (Fsp3) is 0.333. The lowest BCUT2D eigenvalue weighted by atomic mass is 9.84. The van der Waals surface area contributed by atoms with E-state index in [1.165, 1.54) is 6.08 Å². The van der Waals surface area contributed by atoms with E-state index >= 15 is 0 Å². The second-order valence-corrected chi connectivity index (χ2v) is 3.79. The standard InChI is InChI=1S/C12H15NO2/c1-3-12(2,11(14)15)7-6-10-5-4-8-13-9-10/h3-5,8-9H,1,6-7H2,2H3,(H,14,15). The normalized spacial score (nSPS) is 14.2. The number of pyridine rings is 1. The van der Waals surface area contributed by atoms with Crippen LogP contribution in [-0.4, -0.2) is 16.1 Å². The Balaban J connectivity index is 2.63. The molecule has 0 amide bonds. The number of carboxylic acid groups (broad SMARTS) is 1. The highest BCUT2D eigenvalue weighted by atomic mass is 16.4. The molecule has 0 fully saturated rings. The Hall–Kier alpha value is -1.64. The highest BCUT2D eigenvalue weighted by Gasteiger charge is 2.28. The lowest BCUT2D eigenvalue weighted by Gasteiger charge is -2.19. The fourth-order valence-corrected chi connectivity index (χ4v) is 1.25. The largest absolute Gasteiger partial charge is 0.481 e. The van der Waals surface area contributed by atoms with E-state index in [0.717, 1.165) is 5.56 Å². The monoisotopic (exact) mass is 205 g/mol. The van der Waals surface area contributed by atoms with Gasteiger partial charge in [-0.3, -0.25) is 9.78 Å². The van der Waals surface area contributed by atoms with Gasteiger partial charge in [0.1, 0.15) is 0 Å². The molecular formula is C12H15NO2. The van der Waals surface area contributed by atoms with Crippen molar-refractivity contribution in [2.75, 3.05) is 0 Å². The molecule has 1 rings (SSSR count). The van der Waals surface area contributed by atoms with Crippen LogP contribution in [0.1, 0.15) is 18.9 Å². The van der Waals surface area contributed by atoms with Gasteiger partial charge in [0.15, 0.2) is 0 Å². The van der Waals surface area contributed by atoms with E-state index in [1.807, 2.05) is 12.1 Å². The summed E-state index contributed by atoms with van der Waals surface area (Å²) in [6.07, 6.45) is 6.19. The van der Waals surface area contributed by atoms with Crippen molar-refractivity contribution >= 4 is 5.97 Å². The molecule has 0 spiro atoms. The molecule has 1 unspecified atom stereocenters. The smallest absolute Gasteiger partial charge is 0.313 e. The number of aliphatic carboxylic acids is 1. The number of hydrogen-bond donors (Lipinski definition) is 1. The van der Waals surface area contributed by atoms with E-state index in [-0.39, 0.29) is 0 Å². The van der Waals surface area contributed by atoms with Gasteiger partial charge in [-0.05, 0) is 31.4 Å². The molecule has 1 aromatic rings. The first-order chi connectivity index (χ1) is 7.08. The van der Waals surface area contributed by atoms with E-state index < -0.39 is 11.4 Å². The minimum atomic E-state index is -0.851. The van der Waals surface area contributed by atoms with Crippen molar-refractivity contribution < 1.29 is 9.90 Å². The third-order valence-corrected chi connectivity index (χ3v) is 2.59. The van der Waals surface area contributed by atoms with Crippen LogP contribution in [0.3, 0.4) is 0 Å². The first-order valence-electron chi connectivity index (χ1n) is 4.84. The van der Waals surface area contributed by atoms with Crippen molar-refractivity contribution in [3.05, 3.63) is 42.7 Å². The first-order valence-corrected chi connectivity index (χ1v) is 4.84. The molecule has 0 aliphatic rings. The topological polar surface area (TPSA) is 50.2 Å². The number of carbonyl (C=O) groups is 1. The minimum absolute atomic E-state index is 0.539. The van der Waals surface area contributed by atoms with Crippen LogP contribution >= 0.6 is 0 Å². The molecule has 0 bridgehead atoms. The van der Waals surface area contributed by atoms with Gasteiger partial charge >= 0.3 is 5.97 Å². The van der Waals surface area contributed by atoms with Gasteiger partial charge in [-0.25, -0.2) is 0 Å². The summed E-state index contributed by atoms with van der Waals surface area (Å²) in [6, 6.07) is 3.79. The van der Waals surface area contributed by atoms with Gasteiger partial charge in [-0.15, -0.1) is 6.58 Å². The van der Waals surface area contributed by atoms with Crippen LogP contribution in [0.2, 0.25) is 0 Å². The van der Waals surface area contributed by atoms with Crippen LogP contribution in [0.5, 0.6) is 0 Å². The second kappa shape index (κ2) is 4.73. The third kappa shape index (κ3) is 2.91. The maximum absolute atomic E-state index is 11.0. The predicted molar refractivity (Wildman–Crippen MR) is 58.5 cm³/mol. The summed E-state index contributed by atoms with van der Waals surface area (Å²) in [4.78, 5) is 15.0. The number of hydrogen-bond acceptors (Lipinski definition) is 2. The minimum Gasteiger partial charge on any atom is -0.481 e. The van der Waals surface area contributed by atoms with Crippen molar-refractivity contribution in [2.45, 2.75) is 19.8 Å². The van der Waals surface area contributed by atoms with Crippen LogP contribution < -0.4 is 0 Å². The summed E-state index contributed by atoms with van der Waals surface area (Å²) in [5, 5.41) is 9.02. The molecule has 1 heterocycles. The Kier molecular flexibility index (Phi) is 3.61. The van der Waals surface area contributed by atoms with Crippen LogP contribution in [-0.2, 0) is 11.2 Å². The zero-order valence-corrected chi connectivity index (χ0v) is 8.81. The van der Waals surface area contributed by atoms with Crippen molar-refractivity contribution in [1.29, 1.82) is 0 Å². The quantitative estimate of drug-likeness (QED) is 0.750. The first kappa shape index (κ1) is 11.4. The van der Waals surface area contributed by atoms with Crippen molar-refractivity contribution in [3.63, 3.8) is 0 Å². The molecule has 0 saturated heterocycles. The third-order valence-electron chi connectivity index (χ3n) is 2.59. The molecule has 0 aliphatic carbocycles. The summed E-state index contributed by atoms with van der Waals surface area (Å²) in [5.41, 5.74) is 0.197. The fourth-order valence-electron chi connectivity index (χ4n) is 1.25. The van der Waals surface area contributed by atoms with Crippen LogP contribution in [0.25, 0.3) is 0 Å². The van der Waals surface area contributed by atoms with Crippen LogP contribution in [0.15, 0.2) is 37.2 Å². The molecule has 3 heteroatoms. The SMILES string of the molecule is C=CC(C)(CCc1cccnc1)C(=O)O. The van der Waals surface area contributed by atoms with Gasteiger partial charge in [-0.2, -0.15) is 0 Å². The van der Waals surface area contributed by atoms with Crippen LogP contribution in [0, 0.1) is 5.41 Å².